The maximum absolute atomic E-state index is 12.5. The number of methoxy groups -OCH3 is 1. The average molecular weight is 463 g/mol. The van der Waals surface area contributed by atoms with Crippen LogP contribution in [0.4, 0.5) is 0 Å². The van der Waals surface area contributed by atoms with Crippen molar-refractivity contribution in [1.82, 2.24) is 15.4 Å². The number of thiophene rings is 1. The Morgan fingerprint density at radius 2 is 2.07 bits per heavy atom. The van der Waals surface area contributed by atoms with Gasteiger partial charge in [-0.05, 0) is 53.9 Å². The molecule has 7 nitrogen and oxygen atoms in total. The first-order valence-corrected chi connectivity index (χ1v) is 11.0. The summed E-state index contributed by atoms with van der Waals surface area (Å²) in [7, 11) is -0.973. The Morgan fingerprint density at radius 3 is 2.69 bits per heavy atom. The second-order valence-electron chi connectivity index (χ2n) is 5.56. The summed E-state index contributed by atoms with van der Waals surface area (Å²) < 4.78 is 32.4. The molecule has 29 heavy (non-hydrogen) atoms. The molecule has 0 atom stereocenters. The summed E-state index contributed by atoms with van der Waals surface area (Å²) >= 11 is 6.42. The number of hydrogen-bond acceptors (Lipinski definition) is 6. The normalized spacial score (nSPS) is 10.8. The van der Waals surface area contributed by atoms with Crippen LogP contribution in [-0.2, 0) is 21.2 Å². The number of nitrogens with one attached hydrogen (secondary N) is 3. The molecule has 0 aliphatic rings. The van der Waals surface area contributed by atoms with Crippen molar-refractivity contribution in [1.29, 1.82) is 0 Å². The van der Waals surface area contributed by atoms with E-state index in [1.807, 2.05) is 17.5 Å². The van der Waals surface area contributed by atoms with Crippen LogP contribution in [0, 0.1) is 0 Å². The van der Waals surface area contributed by atoms with Crippen LogP contribution in [0.2, 0.25) is 0 Å². The fourth-order valence-corrected chi connectivity index (χ4v) is 4.37. The Morgan fingerprint density at radius 1 is 1.31 bits per heavy atom. The number of carbonyl (C=O) groups excluding carboxylic acids is 1. The van der Waals surface area contributed by atoms with Gasteiger partial charge in [0.15, 0.2) is 5.11 Å². The van der Waals surface area contributed by atoms with Gasteiger partial charge in [0.2, 0.25) is 5.91 Å². The first-order valence-electron chi connectivity index (χ1n) is 8.26. The van der Waals surface area contributed by atoms with E-state index >= 15 is 0 Å². The van der Waals surface area contributed by atoms with E-state index in [4.69, 9.17) is 17.0 Å². The van der Waals surface area contributed by atoms with Crippen LogP contribution < -0.4 is 20.1 Å². The molecule has 0 fully saturated rings. The predicted molar refractivity (Wildman–Crippen MR) is 121 cm³/mol. The van der Waals surface area contributed by atoms with Gasteiger partial charge >= 0.3 is 0 Å². The summed E-state index contributed by atoms with van der Waals surface area (Å²) in [6.07, 6.45) is 3.67. The minimum atomic E-state index is -3.89. The fourth-order valence-electron chi connectivity index (χ4n) is 2.25. The van der Waals surface area contributed by atoms with Crippen molar-refractivity contribution in [3.05, 3.63) is 52.2 Å². The summed E-state index contributed by atoms with van der Waals surface area (Å²) in [5.41, 5.74) is 0.735. The molecule has 11 heteroatoms. The molecule has 0 saturated heterocycles. The fraction of sp³-hybridized carbons (Fsp3) is 0.222. The number of carbonyl (C=O) groups is 1. The van der Waals surface area contributed by atoms with Crippen LogP contribution in [0.5, 0.6) is 5.75 Å². The topological polar surface area (TPSA) is 96.5 Å². The van der Waals surface area contributed by atoms with E-state index in [2.05, 4.69) is 15.4 Å². The molecule has 2 aromatic rings. The molecule has 1 aromatic heterocycles. The SMILES string of the molecule is CNC(=S)NS(=O)(=O)c1cc(CCNC(=O)/C=C/c2cccs2)ccc1OC.[Na]. The largest absolute Gasteiger partial charge is 0.495 e. The van der Waals surface area contributed by atoms with E-state index in [1.165, 1.54) is 26.3 Å². The van der Waals surface area contributed by atoms with Gasteiger partial charge < -0.3 is 15.4 Å². The van der Waals surface area contributed by atoms with E-state index < -0.39 is 10.0 Å². The molecule has 1 amide bonds. The maximum Gasteiger partial charge on any atom is 0.267 e. The monoisotopic (exact) mass is 462 g/mol. The van der Waals surface area contributed by atoms with Gasteiger partial charge in [0.05, 0.1) is 7.11 Å². The van der Waals surface area contributed by atoms with Crippen molar-refractivity contribution < 1.29 is 17.9 Å². The van der Waals surface area contributed by atoms with Crippen LogP contribution in [0.1, 0.15) is 10.4 Å². The van der Waals surface area contributed by atoms with Gasteiger partial charge in [-0.2, -0.15) is 0 Å². The molecular weight excluding hydrogens is 441 g/mol. The van der Waals surface area contributed by atoms with Crippen molar-refractivity contribution in [2.75, 3.05) is 20.7 Å². The molecule has 0 saturated carbocycles. The van der Waals surface area contributed by atoms with Crippen LogP contribution >= 0.6 is 23.6 Å². The molecular formula is C18H21N3NaO4S3. The Hall–Kier alpha value is -1.43. The van der Waals surface area contributed by atoms with Crippen LogP contribution in [-0.4, -0.2) is 69.7 Å². The van der Waals surface area contributed by atoms with E-state index in [9.17, 15) is 13.2 Å². The third-order valence-electron chi connectivity index (χ3n) is 3.63. The first kappa shape index (κ1) is 25.6. The molecule has 1 aromatic carbocycles. The van der Waals surface area contributed by atoms with Gasteiger partial charge in [-0.25, -0.2) is 8.42 Å². The number of hydrogen-bond donors (Lipinski definition) is 3. The number of thiocarbonyl (C=S) groups is 1. The number of sulfonamides is 1. The van der Waals surface area contributed by atoms with Crippen molar-refractivity contribution in [2.45, 2.75) is 11.3 Å². The van der Waals surface area contributed by atoms with Gasteiger partial charge in [-0.3, -0.25) is 9.52 Å². The summed E-state index contributed by atoms with van der Waals surface area (Å²) in [6, 6.07) is 8.66. The second-order valence-corrected chi connectivity index (χ2v) is 8.60. The molecule has 0 spiro atoms. The van der Waals surface area contributed by atoms with E-state index in [0.717, 1.165) is 10.4 Å². The van der Waals surface area contributed by atoms with Gasteiger partial charge in [0.25, 0.3) is 10.0 Å². The van der Waals surface area contributed by atoms with E-state index in [0.29, 0.717) is 13.0 Å². The summed E-state index contributed by atoms with van der Waals surface area (Å²) in [5, 5.41) is 7.25. The van der Waals surface area contributed by atoms with Crippen molar-refractivity contribution >= 4 is 80.2 Å². The minimum absolute atomic E-state index is 0. The minimum Gasteiger partial charge on any atom is -0.495 e. The van der Waals surface area contributed by atoms with Gasteiger partial charge in [-0.15, -0.1) is 11.3 Å². The molecule has 3 N–H and O–H groups in total. The van der Waals surface area contributed by atoms with Gasteiger partial charge in [-0.1, -0.05) is 12.1 Å². The Bertz CT molecular complexity index is 961. The number of benzene rings is 1. The molecule has 2 rings (SSSR count). The van der Waals surface area contributed by atoms with Crippen LogP contribution in [0.3, 0.4) is 0 Å². The Balaban J connectivity index is 0.00000420. The molecule has 0 unspecified atom stereocenters. The molecule has 0 aliphatic carbocycles. The van der Waals surface area contributed by atoms with Crippen molar-refractivity contribution in [3.63, 3.8) is 0 Å². The second kappa shape index (κ2) is 12.3. The summed E-state index contributed by atoms with van der Waals surface area (Å²) in [6.45, 7) is 0.363. The zero-order chi connectivity index (χ0) is 20.6. The zero-order valence-electron chi connectivity index (χ0n) is 16.4. The van der Waals surface area contributed by atoms with Gasteiger partial charge in [0, 0.05) is 54.1 Å². The predicted octanol–water partition coefficient (Wildman–Crippen LogP) is 1.53. The van der Waals surface area contributed by atoms with Crippen LogP contribution in [0.15, 0.2) is 46.7 Å². The first-order chi connectivity index (χ1) is 13.4. The maximum atomic E-state index is 12.5. The van der Waals surface area contributed by atoms with Crippen LogP contribution in [0.25, 0.3) is 6.08 Å². The molecule has 1 radical (unpaired) electrons. The Kier molecular flexibility index (Phi) is 10.9. The third-order valence-corrected chi connectivity index (χ3v) is 6.27. The number of ether oxygens (including phenoxy) is 1. The standard InChI is InChI=1S/C18H21N3O4S3.Na/c1-19-18(26)21-28(23,24)16-12-13(5-7-15(16)25-2)9-10-20-17(22)8-6-14-4-3-11-27-14;/h3-8,11-12H,9-10H2,1-2H3,(H,20,22)(H2,19,21,26);/b8-6+;. The average Bonchev–Trinajstić information content (AvgIpc) is 3.19. The molecule has 0 bridgehead atoms. The molecule has 151 valence electrons. The van der Waals surface area contributed by atoms with Crippen molar-refractivity contribution in [3.8, 4) is 5.75 Å². The third kappa shape index (κ3) is 8.07. The van der Waals surface area contributed by atoms with Gasteiger partial charge in [0.1, 0.15) is 10.6 Å². The van der Waals surface area contributed by atoms with E-state index in [1.54, 1.807) is 29.5 Å². The zero-order valence-corrected chi connectivity index (χ0v) is 20.8. The Labute approximate surface area is 202 Å². The van der Waals surface area contributed by atoms with Crippen molar-refractivity contribution in [2.24, 2.45) is 0 Å². The number of rotatable bonds is 8. The molecule has 1 heterocycles. The molecule has 0 aliphatic heterocycles. The summed E-state index contributed by atoms with van der Waals surface area (Å²) in [4.78, 5) is 12.8. The van der Waals surface area contributed by atoms with E-state index in [-0.39, 0.29) is 51.2 Å². The quantitative estimate of drug-likeness (QED) is 0.313. The smallest absolute Gasteiger partial charge is 0.267 e. The summed E-state index contributed by atoms with van der Waals surface area (Å²) in [5.74, 6) is -0.00568. The number of amides is 1.